The summed E-state index contributed by atoms with van der Waals surface area (Å²) >= 11 is -2.46. The molecule has 0 unspecified atom stereocenters. The molecule has 9 rings (SSSR count). The Balaban J connectivity index is 0.00000193. The van der Waals surface area contributed by atoms with Crippen molar-refractivity contribution in [2.45, 2.75) is 107 Å². The molecule has 47 heavy (non-hydrogen) atoms. The van der Waals surface area contributed by atoms with Crippen LogP contribution < -0.4 is 24.8 Å². The first-order valence-corrected chi connectivity index (χ1v) is 22.0. The molecule has 0 nitrogen and oxygen atoms in total. The van der Waals surface area contributed by atoms with Crippen LogP contribution >= 0.6 is 0 Å². The zero-order valence-electron chi connectivity index (χ0n) is 29.3. The maximum Gasteiger partial charge on any atom is -1.00 e. The Labute approximate surface area is 304 Å². The summed E-state index contributed by atoms with van der Waals surface area (Å²) in [6.07, 6.45) is 16.5. The van der Waals surface area contributed by atoms with E-state index in [-0.39, 0.29) is 35.6 Å². The minimum absolute atomic E-state index is 0. The van der Waals surface area contributed by atoms with E-state index in [1.807, 2.05) is 8.85 Å². The van der Waals surface area contributed by atoms with Gasteiger partial charge in [0.15, 0.2) is 0 Å². The van der Waals surface area contributed by atoms with Gasteiger partial charge in [0.2, 0.25) is 0 Å². The van der Waals surface area contributed by atoms with Crippen LogP contribution in [-0.4, -0.2) is 3.71 Å². The molecular formula is C44H52Cl2Zr. The first-order valence-electron chi connectivity index (χ1n) is 17.9. The van der Waals surface area contributed by atoms with Crippen molar-refractivity contribution in [2.75, 3.05) is 0 Å². The molecule has 0 atom stereocenters. The number of hydrogen-bond donors (Lipinski definition) is 0. The summed E-state index contributed by atoms with van der Waals surface area (Å²) in [5, 5.41) is 0. The summed E-state index contributed by atoms with van der Waals surface area (Å²) < 4.78 is 5.43. The molecule has 4 fully saturated rings. The van der Waals surface area contributed by atoms with Crippen molar-refractivity contribution in [3.63, 3.8) is 0 Å². The molecule has 0 radical (unpaired) electrons. The van der Waals surface area contributed by atoms with Crippen LogP contribution in [0, 0.1) is 23.2 Å². The van der Waals surface area contributed by atoms with Crippen LogP contribution in [0.25, 0.3) is 11.1 Å². The smallest absolute Gasteiger partial charge is 1.00 e. The number of allylic oxidation sites excluding steroid dienone is 4. The quantitative estimate of drug-likeness (QED) is 0.327. The Hall–Kier alpha value is -1.53. The Morgan fingerprint density at radius 3 is 1.70 bits per heavy atom. The molecule has 3 aromatic rings. The van der Waals surface area contributed by atoms with Crippen molar-refractivity contribution >= 4 is 3.71 Å². The molecule has 6 aliphatic rings. The Kier molecular flexibility index (Phi) is 9.75. The summed E-state index contributed by atoms with van der Waals surface area (Å²) in [4.78, 5) is 0. The third-order valence-electron chi connectivity index (χ3n) is 12.3. The van der Waals surface area contributed by atoms with Crippen molar-refractivity contribution in [3.8, 4) is 11.1 Å². The van der Waals surface area contributed by atoms with Crippen molar-refractivity contribution in [1.82, 2.24) is 0 Å². The fraction of sp³-hybridized carbons (Fsp3) is 0.477. The van der Waals surface area contributed by atoms with Gasteiger partial charge in [0.25, 0.3) is 0 Å². The second-order valence-electron chi connectivity index (χ2n) is 17.6. The van der Waals surface area contributed by atoms with E-state index in [0.29, 0.717) is 9.04 Å². The third-order valence-corrected chi connectivity index (χ3v) is 19.9. The maximum atomic E-state index is 2.94. The van der Waals surface area contributed by atoms with Crippen LogP contribution in [0.3, 0.4) is 0 Å². The van der Waals surface area contributed by atoms with Gasteiger partial charge in [-0.3, -0.25) is 0 Å². The molecule has 0 spiro atoms. The van der Waals surface area contributed by atoms with E-state index < -0.39 is 21.3 Å². The van der Waals surface area contributed by atoms with Crippen LogP contribution in [0.2, 0.25) is 0 Å². The van der Waals surface area contributed by atoms with Crippen LogP contribution in [0.5, 0.6) is 0 Å². The maximum absolute atomic E-state index is 2.94. The second-order valence-corrected chi connectivity index (χ2v) is 23.7. The first kappa shape index (κ1) is 35.3. The first-order chi connectivity index (χ1) is 21.5. The standard InChI is InChI=1S/C21H25.C15H19.C8H8.2ClH.Zr/c1-20(2,3)16-7-9-18-14(12-16)11-15-13-17(21(4,5)6)8-10-19(15)18;1-2-4-14(3-1)15-8-11-5-12(9-15)7-13(6-11)10-15;1-2-8-6-4-3-5-7-8;;;/h7-13H,1-6H3;1,3,11-13H,2,5-10H2;1,3-7H,2H2;2*1H;/q;;;;;+2/p-2. The molecule has 0 heterocycles. The minimum atomic E-state index is -2.46. The zero-order valence-corrected chi connectivity index (χ0v) is 33.3. The summed E-state index contributed by atoms with van der Waals surface area (Å²) in [5.74, 6) is 2.95. The summed E-state index contributed by atoms with van der Waals surface area (Å²) in [6.45, 7) is 14.3. The largest absolute Gasteiger partial charge is 1.00 e. The third kappa shape index (κ3) is 6.34. The van der Waals surface area contributed by atoms with E-state index >= 15 is 0 Å². The Bertz CT molecular complexity index is 1640. The molecule has 0 saturated heterocycles. The van der Waals surface area contributed by atoms with Crippen molar-refractivity contribution in [2.24, 2.45) is 23.2 Å². The van der Waals surface area contributed by atoms with E-state index in [9.17, 15) is 0 Å². The monoisotopic (exact) mass is 740 g/mol. The predicted molar refractivity (Wildman–Crippen MR) is 189 cm³/mol. The fourth-order valence-corrected chi connectivity index (χ4v) is 19.0. The summed E-state index contributed by atoms with van der Waals surface area (Å²) in [6, 6.07) is 26.5. The molecule has 0 aromatic heterocycles. The van der Waals surface area contributed by atoms with Crippen molar-refractivity contribution in [3.05, 3.63) is 116 Å². The molecule has 246 valence electrons. The van der Waals surface area contributed by atoms with Crippen molar-refractivity contribution < 1.29 is 46.1 Å². The van der Waals surface area contributed by atoms with Crippen LogP contribution in [0.1, 0.15) is 118 Å². The molecule has 0 amide bonds. The zero-order chi connectivity index (χ0) is 31.1. The van der Waals surface area contributed by atoms with Gasteiger partial charge in [0.1, 0.15) is 0 Å². The average Bonchev–Trinajstić information content (AvgIpc) is 3.60. The topological polar surface area (TPSA) is 0 Å². The molecule has 4 saturated carbocycles. The Morgan fingerprint density at radius 1 is 0.702 bits per heavy atom. The number of halogens is 2. The van der Waals surface area contributed by atoms with E-state index in [1.165, 1.54) is 72.8 Å². The number of rotatable bonds is 5. The molecule has 3 heteroatoms. The van der Waals surface area contributed by atoms with Gasteiger partial charge in [-0.15, -0.1) is 0 Å². The fourth-order valence-electron chi connectivity index (χ4n) is 10.5. The molecule has 6 aliphatic carbocycles. The van der Waals surface area contributed by atoms with Crippen LogP contribution in [0.4, 0.5) is 0 Å². The summed E-state index contributed by atoms with van der Waals surface area (Å²) in [5.41, 5.74) is 13.4. The average molecular weight is 743 g/mol. The molecular weight excluding hydrogens is 691 g/mol. The van der Waals surface area contributed by atoms with Gasteiger partial charge >= 0.3 is 282 Å². The predicted octanol–water partition coefficient (Wildman–Crippen LogP) is 5.45. The number of fused-ring (bicyclic) bond motifs is 3. The number of hydrogen-bond acceptors (Lipinski definition) is 0. The van der Waals surface area contributed by atoms with E-state index in [2.05, 4.69) is 124 Å². The molecule has 3 aromatic carbocycles. The van der Waals surface area contributed by atoms with Gasteiger partial charge in [-0.05, 0) is 0 Å². The van der Waals surface area contributed by atoms with Gasteiger partial charge in [-0.25, -0.2) is 0 Å². The van der Waals surface area contributed by atoms with E-state index in [4.69, 9.17) is 0 Å². The van der Waals surface area contributed by atoms with Gasteiger partial charge in [-0.2, -0.15) is 0 Å². The van der Waals surface area contributed by atoms with Crippen molar-refractivity contribution in [1.29, 1.82) is 0 Å². The molecule has 0 N–H and O–H groups in total. The van der Waals surface area contributed by atoms with E-state index in [1.54, 1.807) is 11.1 Å². The minimum Gasteiger partial charge on any atom is -1.00 e. The SMILES string of the molecule is CC(C)(C)c1ccc2c(c1)[CH](/[Zr+2](=[CH]\Cc1ccccc1)[C]1=C(C34CC5CC(CC(C5)C3)C4)C=CC1)c1cc(C(C)(C)C)ccc1-2.[Cl-].[Cl-]. The van der Waals surface area contributed by atoms with Gasteiger partial charge in [0, 0.05) is 0 Å². The molecule has 0 aliphatic heterocycles. The van der Waals surface area contributed by atoms with Crippen LogP contribution in [0.15, 0.2) is 87.7 Å². The van der Waals surface area contributed by atoms with Gasteiger partial charge in [0.05, 0.1) is 0 Å². The van der Waals surface area contributed by atoms with Gasteiger partial charge < -0.3 is 24.8 Å². The molecule has 4 bridgehead atoms. The van der Waals surface area contributed by atoms with E-state index in [0.717, 1.165) is 24.2 Å². The Morgan fingerprint density at radius 2 is 1.21 bits per heavy atom. The normalized spacial score (nSPS) is 25.9. The van der Waals surface area contributed by atoms with Crippen LogP contribution in [-0.2, 0) is 38.5 Å². The van der Waals surface area contributed by atoms with Gasteiger partial charge in [-0.1, -0.05) is 0 Å². The second kappa shape index (κ2) is 13.0. The number of benzene rings is 3. The summed E-state index contributed by atoms with van der Waals surface area (Å²) in [7, 11) is 0.